The lowest BCUT2D eigenvalue weighted by atomic mass is 10.0. The van der Waals surface area contributed by atoms with Crippen molar-refractivity contribution in [1.29, 1.82) is 0 Å². The van der Waals surface area contributed by atoms with Gasteiger partial charge in [-0.1, -0.05) is 80.1 Å². The third-order valence-electron chi connectivity index (χ3n) is 7.12. The van der Waals surface area contributed by atoms with Gasteiger partial charge in [-0.15, -0.1) is 0 Å². The summed E-state index contributed by atoms with van der Waals surface area (Å²) in [5.74, 6) is 0.947. The minimum atomic E-state index is -0.0223. The number of hydrogen-bond acceptors (Lipinski definition) is 3. The number of amides is 1. The first-order chi connectivity index (χ1) is 18.3. The first-order valence-electron chi connectivity index (χ1n) is 13.7. The number of amidine groups is 1. The van der Waals surface area contributed by atoms with Crippen molar-refractivity contribution in [2.24, 2.45) is 9.98 Å². The standard InChI is InChI=1S/C33H42N4O/c1-7-25(3)15-14-20-34-28(6)36-21-23-37(24-22-36)33(38)32(30-19-13-12-16-27(30)5)35-31(26(4)8-2)29-17-10-9-11-18-29/h9-20H,7-8,21-24H2,1-6H3/b20-14-,25-15+,31-26+,34-28?,35-32?. The summed E-state index contributed by atoms with van der Waals surface area (Å²) >= 11 is 0. The highest BCUT2D eigenvalue weighted by atomic mass is 16.2. The van der Waals surface area contributed by atoms with Gasteiger partial charge in [-0.3, -0.25) is 4.79 Å². The lowest BCUT2D eigenvalue weighted by molar-refractivity contribution is -0.125. The molecule has 1 saturated heterocycles. The number of carbonyl (C=O) groups excluding carboxylic acids is 1. The van der Waals surface area contributed by atoms with Crippen molar-refractivity contribution >= 4 is 23.2 Å². The molecule has 1 aliphatic rings. The van der Waals surface area contributed by atoms with E-state index in [1.165, 1.54) is 5.57 Å². The zero-order valence-corrected chi connectivity index (χ0v) is 23.9. The monoisotopic (exact) mass is 510 g/mol. The maximum atomic E-state index is 14.0. The summed E-state index contributed by atoms with van der Waals surface area (Å²) in [5.41, 5.74) is 6.82. The third kappa shape index (κ3) is 7.64. The second kappa shape index (κ2) is 14.3. The first kappa shape index (κ1) is 28.8. The maximum Gasteiger partial charge on any atom is 0.273 e. The third-order valence-corrected chi connectivity index (χ3v) is 7.12. The molecule has 0 spiro atoms. The Kier molecular flexibility index (Phi) is 10.8. The number of carbonyl (C=O) groups is 1. The summed E-state index contributed by atoms with van der Waals surface area (Å²) in [4.78, 5) is 27.9. The van der Waals surface area contributed by atoms with Crippen LogP contribution in [0.5, 0.6) is 0 Å². The number of allylic oxidation sites excluding steroid dienone is 4. The first-order valence-corrected chi connectivity index (χ1v) is 13.7. The highest BCUT2D eigenvalue weighted by Crippen LogP contribution is 2.24. The summed E-state index contributed by atoms with van der Waals surface area (Å²) < 4.78 is 0. The molecule has 5 heteroatoms. The summed E-state index contributed by atoms with van der Waals surface area (Å²) in [5, 5.41) is 0. The van der Waals surface area contributed by atoms with Crippen LogP contribution in [-0.2, 0) is 4.79 Å². The van der Waals surface area contributed by atoms with Gasteiger partial charge in [-0.2, -0.15) is 0 Å². The van der Waals surface area contributed by atoms with Crippen molar-refractivity contribution in [1.82, 2.24) is 9.80 Å². The molecule has 2 aromatic rings. The Morgan fingerprint density at radius 3 is 2.13 bits per heavy atom. The molecule has 0 aliphatic carbocycles. The van der Waals surface area contributed by atoms with E-state index in [4.69, 9.17) is 4.99 Å². The molecule has 0 saturated carbocycles. The van der Waals surface area contributed by atoms with Crippen molar-refractivity contribution in [2.75, 3.05) is 26.2 Å². The van der Waals surface area contributed by atoms with Gasteiger partial charge >= 0.3 is 0 Å². The molecule has 1 fully saturated rings. The zero-order valence-electron chi connectivity index (χ0n) is 23.9. The van der Waals surface area contributed by atoms with E-state index in [1.807, 2.05) is 73.5 Å². The molecule has 0 radical (unpaired) electrons. The predicted molar refractivity (Wildman–Crippen MR) is 161 cm³/mol. The Bertz CT molecular complexity index is 1240. The van der Waals surface area contributed by atoms with Gasteiger partial charge in [0.05, 0.1) is 5.70 Å². The van der Waals surface area contributed by atoms with Gasteiger partial charge < -0.3 is 9.80 Å². The van der Waals surface area contributed by atoms with Crippen LogP contribution in [0, 0.1) is 6.92 Å². The predicted octanol–water partition coefficient (Wildman–Crippen LogP) is 7.06. The Morgan fingerprint density at radius 1 is 0.868 bits per heavy atom. The number of rotatable bonds is 8. The Labute approximate surface area is 229 Å². The highest BCUT2D eigenvalue weighted by molar-refractivity contribution is 6.46. The van der Waals surface area contributed by atoms with Crippen LogP contribution in [0.15, 0.2) is 94.1 Å². The molecular formula is C33H42N4O. The van der Waals surface area contributed by atoms with E-state index in [0.29, 0.717) is 18.8 Å². The van der Waals surface area contributed by atoms with Crippen LogP contribution in [0.25, 0.3) is 5.70 Å². The largest absolute Gasteiger partial charge is 0.357 e. The molecule has 0 bridgehead atoms. The fraction of sp³-hybridized carbons (Fsp3) is 0.364. The molecule has 3 rings (SSSR count). The van der Waals surface area contributed by atoms with Crippen LogP contribution in [0.2, 0.25) is 0 Å². The maximum absolute atomic E-state index is 14.0. The van der Waals surface area contributed by atoms with Crippen LogP contribution in [-0.4, -0.2) is 53.4 Å². The quantitative estimate of drug-likeness (QED) is 0.217. The molecule has 0 N–H and O–H groups in total. The highest BCUT2D eigenvalue weighted by Gasteiger charge is 2.27. The fourth-order valence-corrected chi connectivity index (χ4v) is 4.28. The molecule has 2 aromatic carbocycles. The van der Waals surface area contributed by atoms with Crippen LogP contribution in [0.1, 0.15) is 64.2 Å². The summed E-state index contributed by atoms with van der Waals surface area (Å²) in [6, 6.07) is 18.2. The van der Waals surface area contributed by atoms with Crippen molar-refractivity contribution in [3.05, 3.63) is 101 Å². The Hall–Kier alpha value is -3.73. The molecule has 5 nitrogen and oxygen atoms in total. The summed E-state index contributed by atoms with van der Waals surface area (Å²) in [6.07, 6.45) is 7.84. The number of aryl methyl sites for hydroxylation is 1. The minimum Gasteiger partial charge on any atom is -0.357 e. The number of hydrogen-bond donors (Lipinski definition) is 0. The minimum absolute atomic E-state index is 0.0223. The van der Waals surface area contributed by atoms with E-state index >= 15 is 0 Å². The molecule has 1 heterocycles. The summed E-state index contributed by atoms with van der Waals surface area (Å²) in [6.45, 7) is 15.3. The van der Waals surface area contributed by atoms with E-state index in [0.717, 1.165) is 59.7 Å². The molecule has 0 aromatic heterocycles. The van der Waals surface area contributed by atoms with E-state index in [-0.39, 0.29) is 5.91 Å². The number of benzene rings is 2. The van der Waals surface area contributed by atoms with Gasteiger partial charge in [0.25, 0.3) is 5.91 Å². The lowest BCUT2D eigenvalue weighted by Crippen LogP contribution is -2.51. The SMILES string of the molecule is CC/C(C)=C/C=C\N=C(C)N1CCN(C(=O)C(=N/C(=C(\C)CC)c2ccccc2)c2ccccc2C)CC1. The van der Waals surface area contributed by atoms with Crippen LogP contribution >= 0.6 is 0 Å². The fourth-order valence-electron chi connectivity index (χ4n) is 4.28. The second-order valence-electron chi connectivity index (χ2n) is 9.79. The van der Waals surface area contributed by atoms with Crippen LogP contribution in [0.4, 0.5) is 0 Å². The number of aliphatic imine (C=N–C) groups is 2. The smallest absolute Gasteiger partial charge is 0.273 e. The summed E-state index contributed by atoms with van der Waals surface area (Å²) in [7, 11) is 0. The zero-order chi connectivity index (χ0) is 27.5. The lowest BCUT2D eigenvalue weighted by Gasteiger charge is -2.36. The van der Waals surface area contributed by atoms with E-state index in [1.54, 1.807) is 0 Å². The molecule has 0 unspecified atom stereocenters. The molecule has 1 amide bonds. The Balaban J connectivity index is 1.87. The second-order valence-corrected chi connectivity index (χ2v) is 9.79. The molecule has 1 aliphatic heterocycles. The average Bonchev–Trinajstić information content (AvgIpc) is 2.96. The Morgan fingerprint density at radius 2 is 1.50 bits per heavy atom. The van der Waals surface area contributed by atoms with Gasteiger partial charge in [-0.25, -0.2) is 9.98 Å². The van der Waals surface area contributed by atoms with Gasteiger partial charge in [0.2, 0.25) is 0 Å². The average molecular weight is 511 g/mol. The molecule has 200 valence electrons. The number of nitrogens with zero attached hydrogens (tertiary/aromatic N) is 4. The topological polar surface area (TPSA) is 48.3 Å². The van der Waals surface area contributed by atoms with Crippen molar-refractivity contribution in [2.45, 2.75) is 54.4 Å². The van der Waals surface area contributed by atoms with Gasteiger partial charge in [-0.05, 0) is 57.7 Å². The van der Waals surface area contributed by atoms with Crippen LogP contribution in [0.3, 0.4) is 0 Å². The van der Waals surface area contributed by atoms with Gasteiger partial charge in [0, 0.05) is 43.5 Å². The molecule has 0 atom stereocenters. The van der Waals surface area contributed by atoms with Crippen molar-refractivity contribution in [3.8, 4) is 0 Å². The van der Waals surface area contributed by atoms with E-state index in [9.17, 15) is 4.79 Å². The molecular weight excluding hydrogens is 468 g/mol. The van der Waals surface area contributed by atoms with Crippen molar-refractivity contribution in [3.63, 3.8) is 0 Å². The molecule has 38 heavy (non-hydrogen) atoms. The van der Waals surface area contributed by atoms with Gasteiger partial charge in [0.1, 0.15) is 11.5 Å². The van der Waals surface area contributed by atoms with Gasteiger partial charge in [0.15, 0.2) is 0 Å². The van der Waals surface area contributed by atoms with E-state index in [2.05, 4.69) is 55.8 Å². The van der Waals surface area contributed by atoms with E-state index < -0.39 is 0 Å². The van der Waals surface area contributed by atoms with Crippen LogP contribution < -0.4 is 0 Å². The normalized spacial score (nSPS) is 16.2. The van der Waals surface area contributed by atoms with Crippen molar-refractivity contribution < 1.29 is 4.79 Å². The number of piperazine rings is 1.